The first-order valence-electron chi connectivity index (χ1n) is 12.7. The second kappa shape index (κ2) is 14.2. The first kappa shape index (κ1) is 31.0. The van der Waals surface area contributed by atoms with E-state index in [1.54, 1.807) is 17.0 Å². The highest BCUT2D eigenvalue weighted by Gasteiger charge is 2.43. The molecule has 0 saturated carbocycles. The Morgan fingerprint density at radius 2 is 1.85 bits per heavy atom. The number of carbonyl (C=O) groups is 2. The van der Waals surface area contributed by atoms with Gasteiger partial charge in [-0.2, -0.15) is 5.10 Å². The fraction of sp³-hybridized carbons (Fsp3) is 0.414. The molecule has 2 amide bonds. The molecule has 2 aromatic rings. The SMILES string of the molecule is C=C(C)C1C(C(=O)N(COCCS(C)(C)C)c2cccc(Cl)c2)CCC2=NNC(=O)CN21.Clc1ccccc1. The summed E-state index contributed by atoms with van der Waals surface area (Å²) in [5, 5.41) is 5.55. The summed E-state index contributed by atoms with van der Waals surface area (Å²) in [6, 6.07) is 16.4. The number of carbonyl (C=O) groups excluding carboxylic acids is 2. The number of fused-ring (bicyclic) bond motifs is 1. The minimum absolute atomic E-state index is 0.0617. The average Bonchev–Trinajstić information content (AvgIpc) is 2.87. The summed E-state index contributed by atoms with van der Waals surface area (Å²) in [7, 11) is -0.692. The first-order valence-corrected chi connectivity index (χ1v) is 16.5. The molecule has 1 N–H and O–H groups in total. The average molecular weight is 594 g/mol. The maximum Gasteiger partial charge on any atom is 0.259 e. The van der Waals surface area contributed by atoms with Crippen molar-refractivity contribution in [2.45, 2.75) is 25.8 Å². The van der Waals surface area contributed by atoms with Crippen LogP contribution in [0.2, 0.25) is 10.0 Å². The van der Waals surface area contributed by atoms with Gasteiger partial charge in [0.25, 0.3) is 5.91 Å². The van der Waals surface area contributed by atoms with Crippen molar-refractivity contribution < 1.29 is 14.3 Å². The highest BCUT2D eigenvalue weighted by molar-refractivity contribution is 8.32. The van der Waals surface area contributed by atoms with Gasteiger partial charge in [0.05, 0.1) is 18.6 Å². The molecule has 7 nitrogen and oxygen atoms in total. The van der Waals surface area contributed by atoms with Crippen LogP contribution in [0, 0.1) is 5.92 Å². The van der Waals surface area contributed by atoms with E-state index >= 15 is 0 Å². The smallest absolute Gasteiger partial charge is 0.259 e. The van der Waals surface area contributed by atoms with Crippen molar-refractivity contribution in [1.82, 2.24) is 10.3 Å². The lowest BCUT2D eigenvalue weighted by Crippen LogP contribution is -2.58. The lowest BCUT2D eigenvalue weighted by atomic mass is 9.83. The lowest BCUT2D eigenvalue weighted by Gasteiger charge is -2.45. The zero-order valence-electron chi connectivity index (χ0n) is 23.0. The molecule has 2 aliphatic heterocycles. The number of ether oxygens (including phenoxy) is 1. The second-order valence-electron chi connectivity index (χ2n) is 10.5. The standard InChI is InChI=1S/C23H33ClN4O3S.C6H5Cl/c1-16(2)22-19(9-10-20-25-26-21(29)14-27(20)22)23(30)28(15-31-11-12-32(3,4)5)18-8-6-7-17(24)13-18;7-6-4-2-1-3-5-6/h6-8,13,19,22H,1,9-12,14-15H2,2-5H3,(H,26,29);1-5H. The zero-order chi connectivity index (χ0) is 28.6. The molecule has 1 fully saturated rings. The molecule has 2 unspecified atom stereocenters. The third-order valence-corrected chi connectivity index (χ3v) is 8.23. The third-order valence-electron chi connectivity index (χ3n) is 6.35. The maximum atomic E-state index is 13.9. The molecular weight excluding hydrogens is 555 g/mol. The van der Waals surface area contributed by atoms with E-state index in [9.17, 15) is 9.59 Å². The van der Waals surface area contributed by atoms with Crippen LogP contribution in [0.5, 0.6) is 0 Å². The van der Waals surface area contributed by atoms with Crippen LogP contribution in [-0.4, -0.2) is 73.0 Å². The van der Waals surface area contributed by atoms with E-state index < -0.39 is 10.0 Å². The number of hydrazone groups is 1. The molecule has 0 aliphatic carbocycles. The maximum absolute atomic E-state index is 13.9. The number of hydrogen-bond acceptors (Lipinski definition) is 5. The van der Waals surface area contributed by atoms with Gasteiger partial charge in [-0.25, -0.2) is 15.5 Å². The highest BCUT2D eigenvalue weighted by atomic mass is 35.5. The monoisotopic (exact) mass is 592 g/mol. The van der Waals surface area contributed by atoms with Gasteiger partial charge in [-0.1, -0.05) is 59.6 Å². The number of nitrogens with one attached hydrogen (secondary N) is 1. The van der Waals surface area contributed by atoms with E-state index in [1.165, 1.54) is 0 Å². The Balaban J connectivity index is 0.000000520. The normalized spacial score (nSPS) is 19.1. The van der Waals surface area contributed by atoms with Crippen LogP contribution in [0.15, 0.2) is 71.9 Å². The molecule has 0 spiro atoms. The number of anilines is 1. The Bertz CT molecular complexity index is 1190. The molecule has 212 valence electrons. The number of piperidine rings is 1. The van der Waals surface area contributed by atoms with Gasteiger partial charge in [0.1, 0.15) is 19.1 Å². The van der Waals surface area contributed by atoms with Crippen LogP contribution in [0.25, 0.3) is 0 Å². The van der Waals surface area contributed by atoms with Crippen molar-refractivity contribution in [2.24, 2.45) is 11.0 Å². The molecule has 2 atom stereocenters. The number of nitrogens with zero attached hydrogens (tertiary/aromatic N) is 3. The Hall–Kier alpha value is -2.52. The number of hydrogen-bond donors (Lipinski definition) is 1. The predicted octanol–water partition coefficient (Wildman–Crippen LogP) is 5.78. The van der Waals surface area contributed by atoms with Crippen molar-refractivity contribution in [1.29, 1.82) is 0 Å². The minimum Gasteiger partial charge on any atom is -0.360 e. The Morgan fingerprint density at radius 1 is 1.15 bits per heavy atom. The number of rotatable bonds is 8. The minimum atomic E-state index is -0.692. The van der Waals surface area contributed by atoms with Gasteiger partial charge in [-0.15, -0.1) is 0 Å². The van der Waals surface area contributed by atoms with E-state index in [0.29, 0.717) is 30.2 Å². The fourth-order valence-corrected chi connectivity index (χ4v) is 5.40. The molecule has 1 saturated heterocycles. The summed E-state index contributed by atoms with van der Waals surface area (Å²) in [5.74, 6) is 1.14. The quantitative estimate of drug-likeness (QED) is 0.239. The second-order valence-corrected chi connectivity index (χ2v) is 16.0. The van der Waals surface area contributed by atoms with Crippen LogP contribution in [0.4, 0.5) is 5.69 Å². The van der Waals surface area contributed by atoms with Crippen LogP contribution >= 0.6 is 33.2 Å². The molecule has 10 heteroatoms. The van der Waals surface area contributed by atoms with Crippen molar-refractivity contribution in [3.05, 3.63) is 76.8 Å². The summed E-state index contributed by atoms with van der Waals surface area (Å²) >= 11 is 11.8. The summed E-state index contributed by atoms with van der Waals surface area (Å²) in [6.45, 7) is 6.92. The predicted molar refractivity (Wildman–Crippen MR) is 165 cm³/mol. The molecule has 0 bridgehead atoms. The van der Waals surface area contributed by atoms with E-state index in [1.807, 2.05) is 54.3 Å². The zero-order valence-corrected chi connectivity index (χ0v) is 25.4. The fourth-order valence-electron chi connectivity index (χ4n) is 4.45. The molecule has 0 aromatic heterocycles. The molecule has 4 rings (SSSR count). The number of halogens is 2. The number of amides is 2. The Labute approximate surface area is 243 Å². The van der Waals surface area contributed by atoms with E-state index in [0.717, 1.165) is 22.2 Å². The number of benzene rings is 2. The molecule has 39 heavy (non-hydrogen) atoms. The Kier molecular flexibility index (Phi) is 11.3. The van der Waals surface area contributed by atoms with Crippen LogP contribution < -0.4 is 10.3 Å². The molecule has 2 heterocycles. The van der Waals surface area contributed by atoms with Gasteiger partial charge < -0.3 is 9.64 Å². The molecule has 2 aromatic carbocycles. The van der Waals surface area contributed by atoms with Gasteiger partial charge >= 0.3 is 0 Å². The van der Waals surface area contributed by atoms with Crippen molar-refractivity contribution in [3.63, 3.8) is 0 Å². The van der Waals surface area contributed by atoms with Gasteiger partial charge in [0, 0.05) is 27.9 Å². The van der Waals surface area contributed by atoms with Gasteiger partial charge in [0.15, 0.2) is 0 Å². The first-order chi connectivity index (χ1) is 18.5. The van der Waals surface area contributed by atoms with Gasteiger partial charge in [-0.3, -0.25) is 14.5 Å². The van der Waals surface area contributed by atoms with Crippen LogP contribution in [-0.2, 0) is 14.3 Å². The summed E-state index contributed by atoms with van der Waals surface area (Å²) < 4.78 is 5.96. The van der Waals surface area contributed by atoms with Crippen LogP contribution in [0.3, 0.4) is 0 Å². The van der Waals surface area contributed by atoms with Gasteiger partial charge in [-0.05, 0) is 62.4 Å². The molecule has 2 aliphatic rings. The number of amidine groups is 1. The molecular formula is C29H38Cl2N4O3S. The lowest BCUT2D eigenvalue weighted by molar-refractivity contribution is -0.128. The topological polar surface area (TPSA) is 74.2 Å². The van der Waals surface area contributed by atoms with E-state index in [4.69, 9.17) is 27.9 Å². The van der Waals surface area contributed by atoms with Crippen LogP contribution in [0.1, 0.15) is 19.8 Å². The van der Waals surface area contributed by atoms with Crippen molar-refractivity contribution in [2.75, 3.05) is 49.3 Å². The molecule has 0 radical (unpaired) electrons. The summed E-state index contributed by atoms with van der Waals surface area (Å²) in [4.78, 5) is 29.4. The third kappa shape index (κ3) is 9.28. The Morgan fingerprint density at radius 3 is 2.44 bits per heavy atom. The summed E-state index contributed by atoms with van der Waals surface area (Å²) in [5.41, 5.74) is 4.06. The van der Waals surface area contributed by atoms with E-state index in [-0.39, 0.29) is 37.0 Å². The van der Waals surface area contributed by atoms with Crippen molar-refractivity contribution >= 4 is 56.6 Å². The largest absolute Gasteiger partial charge is 0.360 e. The van der Waals surface area contributed by atoms with Crippen molar-refractivity contribution in [3.8, 4) is 0 Å². The van der Waals surface area contributed by atoms with E-state index in [2.05, 4.69) is 35.9 Å². The summed E-state index contributed by atoms with van der Waals surface area (Å²) in [6.07, 6.45) is 7.94. The van der Waals surface area contributed by atoms with Gasteiger partial charge in [0.2, 0.25) is 5.91 Å². The highest BCUT2D eigenvalue weighted by Crippen LogP contribution is 2.35.